The van der Waals surface area contributed by atoms with E-state index >= 15 is 19.2 Å². The highest BCUT2D eigenvalue weighted by Crippen LogP contribution is 2.40. The molecule has 92 heavy (non-hydrogen) atoms. The average Bonchev–Trinajstić information content (AvgIpc) is 0.812. The summed E-state index contributed by atoms with van der Waals surface area (Å²) in [7, 11) is 7.45. The second kappa shape index (κ2) is 36.1. The predicted octanol–water partition coefficient (Wildman–Crippen LogP) is 6.30. The van der Waals surface area contributed by atoms with Crippen LogP contribution in [0.1, 0.15) is 177 Å². The second-order valence-electron chi connectivity index (χ2n) is 30.0. The lowest BCUT2D eigenvalue weighted by atomic mass is 9.91. The first-order valence-electron chi connectivity index (χ1n) is 33.4. The zero-order valence-electron chi connectivity index (χ0n) is 62.0. The van der Waals surface area contributed by atoms with Gasteiger partial charge >= 0.3 is 0 Å². The molecule has 0 spiro atoms. The molecule has 0 aromatic carbocycles. The van der Waals surface area contributed by atoms with E-state index in [0.29, 0.717) is 6.42 Å². The highest BCUT2D eigenvalue weighted by molar-refractivity contribution is 6.74. The van der Waals surface area contributed by atoms with Crippen molar-refractivity contribution in [1.82, 2.24) is 55.6 Å². The van der Waals surface area contributed by atoms with Gasteiger partial charge in [0.1, 0.15) is 66.5 Å². The lowest BCUT2D eigenvalue weighted by Crippen LogP contribution is -2.65. The number of nitrogens with zero attached hydrogens (tertiary/aromatic N) is 7. The Labute approximate surface area is 554 Å². The molecule has 23 nitrogen and oxygen atoms in total. The third-order valence-corrected chi connectivity index (χ3v) is 23.0. The van der Waals surface area contributed by atoms with E-state index in [1.807, 2.05) is 75.4 Å². The predicted molar refractivity (Wildman–Crippen MR) is 364 cm³/mol. The summed E-state index contributed by atoms with van der Waals surface area (Å²) in [6.45, 7) is 44.4. The van der Waals surface area contributed by atoms with Crippen LogP contribution in [0.25, 0.3) is 0 Å². The van der Waals surface area contributed by atoms with E-state index in [9.17, 15) is 33.6 Å². The van der Waals surface area contributed by atoms with Crippen LogP contribution in [0.15, 0.2) is 12.7 Å². The molecule has 0 radical (unpaired) electrons. The van der Waals surface area contributed by atoms with Crippen molar-refractivity contribution in [3.63, 3.8) is 0 Å². The van der Waals surface area contributed by atoms with Crippen LogP contribution in [0.2, 0.25) is 18.1 Å². The van der Waals surface area contributed by atoms with Crippen LogP contribution in [0.3, 0.4) is 0 Å². The van der Waals surface area contributed by atoms with Crippen LogP contribution < -0.4 is 21.3 Å². The lowest BCUT2D eigenvalue weighted by molar-refractivity contribution is -0.157. The van der Waals surface area contributed by atoms with Crippen LogP contribution in [0, 0.1) is 41.4 Å². The van der Waals surface area contributed by atoms with Gasteiger partial charge in [0.05, 0.1) is 6.10 Å². The maximum Gasteiger partial charge on any atom is 0.246 e. The van der Waals surface area contributed by atoms with Crippen LogP contribution in [-0.4, -0.2) is 229 Å². The summed E-state index contributed by atoms with van der Waals surface area (Å²) >= 11 is 0. The van der Waals surface area contributed by atoms with Gasteiger partial charge in [-0.3, -0.25) is 52.7 Å². The molecular weight excluding hydrogens is 1190 g/mol. The average molecular weight is 1320 g/mol. The molecule has 4 N–H and O–H groups in total. The number of carbonyl (C=O) groups excluding carboxylic acids is 11. The van der Waals surface area contributed by atoms with E-state index in [-0.39, 0.29) is 60.8 Å². The molecule has 0 aromatic rings. The molecule has 24 heteroatoms. The van der Waals surface area contributed by atoms with Crippen molar-refractivity contribution >= 4 is 73.3 Å². The second-order valence-corrected chi connectivity index (χ2v) is 34.8. The summed E-state index contributed by atoms with van der Waals surface area (Å²) in [5.74, 6) is -9.13. The number of hydrogen-bond donors (Lipinski definition) is 4. The summed E-state index contributed by atoms with van der Waals surface area (Å²) in [6, 6.07) is -13.3. The normalized spacial score (nSPS) is 26.8. The topological polar surface area (TPSA) is 268 Å². The summed E-state index contributed by atoms with van der Waals surface area (Å²) in [5.41, 5.74) is 0. The molecule has 1 aliphatic rings. The Hall–Kier alpha value is -5.91. The molecule has 528 valence electrons. The molecule has 1 rings (SSSR count). The number of nitrogens with one attached hydrogen (secondary N) is 4. The fourth-order valence-corrected chi connectivity index (χ4v) is 12.9. The molecular formula is C68H125N11O12Si. The number of rotatable bonds is 17. The van der Waals surface area contributed by atoms with Gasteiger partial charge < -0.3 is 60.0 Å². The summed E-state index contributed by atoms with van der Waals surface area (Å²) < 4.78 is 7.22. The Morgan fingerprint density at radius 3 is 1.26 bits per heavy atom. The van der Waals surface area contributed by atoms with E-state index in [1.165, 1.54) is 104 Å². The Bertz CT molecular complexity index is 2550. The van der Waals surface area contributed by atoms with Crippen molar-refractivity contribution in [2.75, 3.05) is 49.3 Å². The van der Waals surface area contributed by atoms with E-state index in [1.54, 1.807) is 40.7 Å². The van der Waals surface area contributed by atoms with Gasteiger partial charge in [0.15, 0.2) is 8.32 Å². The van der Waals surface area contributed by atoms with Crippen LogP contribution in [0.5, 0.6) is 0 Å². The van der Waals surface area contributed by atoms with Gasteiger partial charge in [-0.05, 0) is 119 Å². The van der Waals surface area contributed by atoms with Crippen molar-refractivity contribution in [3.05, 3.63) is 12.7 Å². The third kappa shape index (κ3) is 22.4. The van der Waals surface area contributed by atoms with Crippen LogP contribution in [-0.2, 0) is 57.2 Å². The van der Waals surface area contributed by atoms with E-state index in [0.717, 1.165) is 0 Å². The first-order valence-corrected chi connectivity index (χ1v) is 36.4. The zero-order chi connectivity index (χ0) is 71.8. The van der Waals surface area contributed by atoms with Crippen molar-refractivity contribution in [3.8, 4) is 0 Å². The molecule has 1 saturated heterocycles. The van der Waals surface area contributed by atoms with Gasteiger partial charge in [0.25, 0.3) is 0 Å². The monoisotopic (exact) mass is 1320 g/mol. The number of hydrogen-bond acceptors (Lipinski definition) is 12. The highest BCUT2D eigenvalue weighted by Gasteiger charge is 2.49. The minimum absolute atomic E-state index is 0.0491. The molecule has 11 amide bonds. The standard InChI is InChI=1S/C68H125N11O12Si/c1-31-33-44(15)56(91-92(29,30)68(19,20)21)55-60(83)71-48(32-2)63(86)73(22)47(18)62(85)74(23)50(35-39(5)6)59(82)72-53(42(11)12)66(89)75(24)49(34-38(3)4)58(81)69-45(16)57(80)70-46(17)61(84)76(25)51(36-40(7)8)64(87)77(26)52(37-41(9)10)65(88)78(27)54(43(13)14)67(90)79(55)28/h31,38-56H,1,32-37H2,2-30H3,(H,69,81)(H,70,80)(H,71,83)(H,72,82)/t44-,45-,46+,47-,48+,49-,50+,51-,52-,53-,54-,55+,56-/m1/s1. The number of carbonyl (C=O) groups is 11. The molecule has 0 bridgehead atoms. The molecule has 13 atom stereocenters. The Morgan fingerprint density at radius 1 is 0.457 bits per heavy atom. The molecule has 1 fully saturated rings. The SMILES string of the molecule is C=CC[C@@H](C)[C@@H](O[Si](C)(C)C(C)(C)C)[C@H]1C(=O)N[C@@H](CC)C(=O)N(C)[C@H](C)C(=O)N(C)[C@@H](CC(C)C)C(=O)N[C@H](C(C)C)C(=O)N(C)[C@H](CC(C)C)C(=O)N[C@H](C)C(=O)N[C@@H](C)C(=O)N(C)[C@H](CC(C)C)C(=O)N(C)[C@H](CC(C)C)C(=O)N(C)[C@H](C(C)C)C(=O)N1C. The number of likely N-dealkylation sites (N-methyl/N-ethyl adjacent to an activating group) is 7. The maximum atomic E-state index is 15.7. The molecule has 0 aromatic heterocycles. The molecule has 0 unspecified atom stereocenters. The van der Waals surface area contributed by atoms with Gasteiger partial charge in [0, 0.05) is 49.3 Å². The Kier molecular flexibility index (Phi) is 33.0. The number of amides is 11. The largest absolute Gasteiger partial charge is 0.411 e. The van der Waals surface area contributed by atoms with E-state index < -0.39 is 164 Å². The molecule has 0 aliphatic carbocycles. The minimum atomic E-state index is -2.81. The highest BCUT2D eigenvalue weighted by atomic mass is 28.4. The smallest absolute Gasteiger partial charge is 0.246 e. The van der Waals surface area contributed by atoms with Gasteiger partial charge in [-0.25, -0.2) is 0 Å². The summed E-state index contributed by atoms with van der Waals surface area (Å²) in [5, 5.41) is 10.9. The van der Waals surface area contributed by atoms with Gasteiger partial charge in [-0.2, -0.15) is 0 Å². The lowest BCUT2D eigenvalue weighted by Gasteiger charge is -2.46. The Balaban J connectivity index is 4.58. The quantitative estimate of drug-likeness (QED) is 0.0924. The van der Waals surface area contributed by atoms with Crippen molar-refractivity contribution in [1.29, 1.82) is 0 Å². The van der Waals surface area contributed by atoms with Crippen LogP contribution >= 0.6 is 0 Å². The van der Waals surface area contributed by atoms with Gasteiger partial charge in [0.2, 0.25) is 65.0 Å². The first-order chi connectivity index (χ1) is 42.1. The zero-order valence-corrected chi connectivity index (χ0v) is 63.0. The fourth-order valence-electron chi connectivity index (χ4n) is 11.5. The van der Waals surface area contributed by atoms with E-state index in [2.05, 4.69) is 48.6 Å². The van der Waals surface area contributed by atoms with Crippen molar-refractivity contribution in [2.24, 2.45) is 41.4 Å². The van der Waals surface area contributed by atoms with Crippen molar-refractivity contribution < 1.29 is 57.2 Å². The first kappa shape index (κ1) is 84.1. The fraction of sp³-hybridized carbons (Fsp3) is 0.809. The summed E-state index contributed by atoms with van der Waals surface area (Å²) in [6.07, 6.45) is 1.77. The minimum Gasteiger partial charge on any atom is -0.411 e. The molecule has 1 heterocycles. The molecule has 0 saturated carbocycles. The van der Waals surface area contributed by atoms with E-state index in [4.69, 9.17) is 4.43 Å². The third-order valence-electron chi connectivity index (χ3n) is 18.6. The summed E-state index contributed by atoms with van der Waals surface area (Å²) in [4.78, 5) is 173. The van der Waals surface area contributed by atoms with Crippen molar-refractivity contribution in [2.45, 2.75) is 268 Å². The van der Waals surface area contributed by atoms with Crippen LogP contribution in [0.4, 0.5) is 0 Å². The van der Waals surface area contributed by atoms with Gasteiger partial charge in [-0.1, -0.05) is 124 Å². The Morgan fingerprint density at radius 2 is 0.848 bits per heavy atom. The van der Waals surface area contributed by atoms with Gasteiger partial charge in [-0.15, -0.1) is 6.58 Å². The maximum absolute atomic E-state index is 15.7. The molecule has 1 aliphatic heterocycles. The number of allylic oxidation sites excluding steroid dienone is 1.